The van der Waals surface area contributed by atoms with Crippen LogP contribution in [0.1, 0.15) is 37.8 Å². The molecule has 0 N–H and O–H groups in total. The average molecular weight is 489 g/mol. The number of nitrogens with zero attached hydrogens (tertiary/aromatic N) is 2. The molecule has 0 fully saturated rings. The van der Waals surface area contributed by atoms with E-state index in [0.29, 0.717) is 17.9 Å². The van der Waals surface area contributed by atoms with Crippen molar-refractivity contribution in [3.63, 3.8) is 0 Å². The van der Waals surface area contributed by atoms with Gasteiger partial charge in [-0.25, -0.2) is 0 Å². The van der Waals surface area contributed by atoms with E-state index in [2.05, 4.69) is 24.1 Å². The van der Waals surface area contributed by atoms with E-state index in [4.69, 9.17) is 30.5 Å². The Morgan fingerprint density at radius 2 is 1.41 bits per heavy atom. The first-order chi connectivity index (χ1) is 16.1. The third kappa shape index (κ3) is 6.28. The van der Waals surface area contributed by atoms with E-state index in [1.165, 1.54) is 5.56 Å². The number of hydrogen-bond acceptors (Lipinski definition) is 6. The Bertz CT molecular complexity index is 984. The summed E-state index contributed by atoms with van der Waals surface area (Å²) in [6.07, 6.45) is 2.33. The molecule has 2 rings (SSSR count). The van der Waals surface area contributed by atoms with Gasteiger partial charge in [0, 0.05) is 6.54 Å². The van der Waals surface area contributed by atoms with Gasteiger partial charge in [0.25, 0.3) is 0 Å². The Morgan fingerprint density at radius 1 is 0.853 bits per heavy atom. The fourth-order valence-corrected chi connectivity index (χ4v) is 4.47. The summed E-state index contributed by atoms with van der Waals surface area (Å²) in [6.45, 7) is 5.52. The lowest BCUT2D eigenvalue weighted by Crippen LogP contribution is -2.43. The maximum absolute atomic E-state index is 10.3. The van der Waals surface area contributed by atoms with Crippen LogP contribution < -0.4 is 18.9 Å². The Labute approximate surface area is 209 Å². The van der Waals surface area contributed by atoms with E-state index < -0.39 is 10.3 Å². The second-order valence-corrected chi connectivity index (χ2v) is 9.85. The molecule has 186 valence electrons. The third-order valence-corrected chi connectivity index (χ3v) is 6.73. The van der Waals surface area contributed by atoms with Gasteiger partial charge in [0.1, 0.15) is 5.41 Å². The molecular weight excluding hydrogens is 452 g/mol. The second kappa shape index (κ2) is 12.2. The van der Waals surface area contributed by atoms with Crippen LogP contribution in [0.3, 0.4) is 0 Å². The van der Waals surface area contributed by atoms with Gasteiger partial charge >= 0.3 is 0 Å². The van der Waals surface area contributed by atoms with E-state index in [-0.39, 0.29) is 0 Å². The van der Waals surface area contributed by atoms with Gasteiger partial charge in [-0.3, -0.25) is 0 Å². The fourth-order valence-electron chi connectivity index (χ4n) is 4.22. The molecule has 2 aromatic carbocycles. The molecule has 7 heteroatoms. The molecule has 0 heterocycles. The van der Waals surface area contributed by atoms with Crippen molar-refractivity contribution in [1.82, 2.24) is 4.90 Å². The minimum Gasteiger partial charge on any atom is -0.493 e. The highest BCUT2D eigenvalue weighted by Crippen LogP contribution is 2.45. The minimum absolute atomic E-state index is 0.590. The summed E-state index contributed by atoms with van der Waals surface area (Å²) in [5, 5.41) is 10.3. The first-order valence-electron chi connectivity index (χ1n) is 11.4. The molecule has 0 spiro atoms. The number of benzene rings is 2. The third-order valence-electron chi connectivity index (χ3n) is 6.40. The lowest BCUT2D eigenvalue weighted by Gasteiger charge is -2.38. The highest BCUT2D eigenvalue weighted by molar-refractivity contribution is 6.24. The van der Waals surface area contributed by atoms with E-state index in [1.807, 2.05) is 44.2 Å². The minimum atomic E-state index is -0.877. The molecule has 0 amide bonds. The van der Waals surface area contributed by atoms with Crippen LogP contribution in [0, 0.1) is 11.3 Å². The first-order valence-corrected chi connectivity index (χ1v) is 11.8. The van der Waals surface area contributed by atoms with Crippen LogP contribution in [-0.2, 0) is 11.8 Å². The number of rotatable bonds is 13. The lowest BCUT2D eigenvalue weighted by atomic mass is 9.69. The summed E-state index contributed by atoms with van der Waals surface area (Å²) in [4.78, 5) is 1.49. The van der Waals surface area contributed by atoms with Crippen LogP contribution >= 0.6 is 11.6 Å². The number of hydrogen-bond donors (Lipinski definition) is 0. The molecule has 0 aliphatic heterocycles. The number of alkyl halides is 1. The molecule has 0 saturated heterocycles. The summed E-state index contributed by atoms with van der Waals surface area (Å²) >= 11 is 6.84. The van der Waals surface area contributed by atoms with Crippen LogP contribution in [0.15, 0.2) is 36.4 Å². The Kier molecular flexibility index (Phi) is 9.90. The molecule has 0 radical (unpaired) electrons. The van der Waals surface area contributed by atoms with Gasteiger partial charge in [0.2, 0.25) is 0 Å². The van der Waals surface area contributed by atoms with Crippen molar-refractivity contribution in [2.75, 3.05) is 48.6 Å². The molecule has 0 aromatic heterocycles. The Hall–Kier alpha value is -2.62. The predicted molar refractivity (Wildman–Crippen MR) is 137 cm³/mol. The van der Waals surface area contributed by atoms with Crippen LogP contribution in [0.25, 0.3) is 0 Å². The van der Waals surface area contributed by atoms with Crippen LogP contribution in [0.4, 0.5) is 0 Å². The summed E-state index contributed by atoms with van der Waals surface area (Å²) in [5.74, 6) is 2.68. The van der Waals surface area contributed by atoms with E-state index in [9.17, 15) is 5.26 Å². The lowest BCUT2D eigenvalue weighted by molar-refractivity contribution is 0.300. The molecule has 0 saturated carbocycles. The maximum atomic E-state index is 10.3. The highest BCUT2D eigenvalue weighted by Gasteiger charge is 2.46. The fraction of sp³-hybridized carbons (Fsp3) is 0.519. The van der Waals surface area contributed by atoms with Crippen molar-refractivity contribution in [3.05, 3.63) is 47.5 Å². The van der Waals surface area contributed by atoms with Gasteiger partial charge in [0.15, 0.2) is 23.0 Å². The van der Waals surface area contributed by atoms with Crippen molar-refractivity contribution >= 4 is 11.6 Å². The first kappa shape index (κ1) is 27.6. The van der Waals surface area contributed by atoms with E-state index in [0.717, 1.165) is 43.0 Å². The number of likely N-dealkylation sites (N-methyl/N-ethyl adjacent to an activating group) is 1. The zero-order valence-corrected chi connectivity index (χ0v) is 22.2. The predicted octanol–water partition coefficient (Wildman–Crippen LogP) is 5.45. The molecule has 6 nitrogen and oxygen atoms in total. The van der Waals surface area contributed by atoms with Crippen molar-refractivity contribution < 1.29 is 18.9 Å². The van der Waals surface area contributed by atoms with Gasteiger partial charge in [-0.15, -0.1) is 11.6 Å². The number of halogens is 1. The van der Waals surface area contributed by atoms with Crippen molar-refractivity contribution in [1.29, 1.82) is 5.26 Å². The van der Waals surface area contributed by atoms with Gasteiger partial charge in [-0.2, -0.15) is 5.26 Å². The standard InChI is InChI=1S/C27H37ClN2O4/c1-26(2,28)27(19-29,21-10-12-23(32-5)25(18-21)34-7)14-8-15-30(3)16-13-20-9-11-22(31-4)24(17-20)33-6/h9-12,17-18H,8,13-16H2,1-7H3. The second-order valence-electron chi connectivity index (χ2n) is 8.91. The smallest absolute Gasteiger partial charge is 0.161 e. The monoisotopic (exact) mass is 488 g/mol. The van der Waals surface area contributed by atoms with E-state index >= 15 is 0 Å². The molecule has 0 aliphatic rings. The average Bonchev–Trinajstić information content (AvgIpc) is 2.83. The normalized spacial score (nSPS) is 13.2. The van der Waals surface area contributed by atoms with Crippen molar-refractivity contribution in [2.24, 2.45) is 0 Å². The van der Waals surface area contributed by atoms with Gasteiger partial charge in [-0.05, 0) is 82.1 Å². The molecule has 34 heavy (non-hydrogen) atoms. The Morgan fingerprint density at radius 3 is 1.94 bits per heavy atom. The maximum Gasteiger partial charge on any atom is 0.161 e. The molecular formula is C27H37ClN2O4. The van der Waals surface area contributed by atoms with Crippen LogP contribution in [0.2, 0.25) is 0 Å². The van der Waals surface area contributed by atoms with Crippen LogP contribution in [-0.4, -0.2) is 58.4 Å². The quantitative estimate of drug-likeness (QED) is 0.349. The topological polar surface area (TPSA) is 64.0 Å². The SMILES string of the molecule is COc1ccc(CCN(C)CCCC(C#N)(c2ccc(OC)c(OC)c2)C(C)(C)Cl)cc1OC. The number of methoxy groups -OCH3 is 4. The van der Waals surface area contributed by atoms with Crippen molar-refractivity contribution in [2.45, 2.75) is 43.4 Å². The van der Waals surface area contributed by atoms with Gasteiger partial charge < -0.3 is 23.8 Å². The molecule has 0 bridgehead atoms. The number of nitriles is 1. The number of ether oxygens (including phenoxy) is 4. The zero-order chi connectivity index (χ0) is 25.4. The molecule has 1 unspecified atom stereocenters. The zero-order valence-electron chi connectivity index (χ0n) is 21.4. The molecule has 2 aromatic rings. The Balaban J connectivity index is 2.08. The molecule has 0 aliphatic carbocycles. The van der Waals surface area contributed by atoms with Crippen LogP contribution in [0.5, 0.6) is 23.0 Å². The van der Waals surface area contributed by atoms with E-state index in [1.54, 1.807) is 28.4 Å². The van der Waals surface area contributed by atoms with Crippen molar-refractivity contribution in [3.8, 4) is 29.1 Å². The highest BCUT2D eigenvalue weighted by atomic mass is 35.5. The summed E-state index contributed by atoms with van der Waals surface area (Å²) in [5.41, 5.74) is 1.14. The summed E-state index contributed by atoms with van der Waals surface area (Å²) < 4.78 is 21.6. The molecule has 1 atom stereocenters. The summed E-state index contributed by atoms with van der Waals surface area (Å²) in [7, 11) is 8.56. The summed E-state index contributed by atoms with van der Waals surface area (Å²) in [6, 6.07) is 14.2. The van der Waals surface area contributed by atoms with Gasteiger partial charge in [0.05, 0.1) is 39.4 Å². The van der Waals surface area contributed by atoms with Gasteiger partial charge in [-0.1, -0.05) is 12.1 Å². The largest absolute Gasteiger partial charge is 0.493 e.